The van der Waals surface area contributed by atoms with E-state index in [1.54, 1.807) is 83.5 Å². The third-order valence-corrected chi connectivity index (χ3v) is 14.9. The van der Waals surface area contributed by atoms with Gasteiger partial charge in [-0.15, -0.1) is 11.8 Å². The van der Waals surface area contributed by atoms with Crippen molar-refractivity contribution >= 4 is 71.9 Å². The predicted octanol–water partition coefficient (Wildman–Crippen LogP) is 6.54. The summed E-state index contributed by atoms with van der Waals surface area (Å²) >= 11 is 7.92. The molecule has 19 heteroatoms. The topological polar surface area (TPSA) is 168 Å². The molecule has 65 heavy (non-hydrogen) atoms. The van der Waals surface area contributed by atoms with Gasteiger partial charge >= 0.3 is 20.1 Å². The number of ether oxygens (including phenoxy) is 5. The molecule has 0 spiro atoms. The van der Waals surface area contributed by atoms with Crippen LogP contribution in [0.5, 0.6) is 23.0 Å². The molecule has 4 aromatic carbocycles. The number of carbonyl (C=O) groups is 5. The minimum Gasteiger partial charge on any atom is -0.542 e. The van der Waals surface area contributed by atoms with Gasteiger partial charge in [0, 0.05) is 32.2 Å². The summed E-state index contributed by atoms with van der Waals surface area (Å²) in [4.78, 5) is 69.5. The molecule has 0 saturated carbocycles. The summed E-state index contributed by atoms with van der Waals surface area (Å²) in [5, 5.41) is 0.973. The summed E-state index contributed by atoms with van der Waals surface area (Å²) in [5.41, 5.74) is 1.19. The first-order valence-electron chi connectivity index (χ1n) is 20.4. The fourth-order valence-electron chi connectivity index (χ4n) is 7.19. The van der Waals surface area contributed by atoms with Crippen LogP contribution < -0.4 is 18.9 Å². The van der Waals surface area contributed by atoms with Gasteiger partial charge in [0.05, 0.1) is 48.1 Å². The molecule has 2 unspecified atom stereocenters. The zero-order valence-electron chi connectivity index (χ0n) is 36.8. The highest BCUT2D eigenvalue weighted by Gasteiger charge is 2.67. The summed E-state index contributed by atoms with van der Waals surface area (Å²) in [6.45, 7) is 4.67. The first-order valence-corrected chi connectivity index (χ1v) is 23.0. The van der Waals surface area contributed by atoms with Gasteiger partial charge in [0.25, 0.3) is 5.91 Å². The Morgan fingerprint density at radius 1 is 0.877 bits per heavy atom. The molecule has 2 fully saturated rings. The third-order valence-electron chi connectivity index (χ3n) is 10.5. The maximum atomic E-state index is 14.6. The van der Waals surface area contributed by atoms with Crippen molar-refractivity contribution in [1.82, 2.24) is 14.9 Å². The van der Waals surface area contributed by atoms with Crippen molar-refractivity contribution in [2.75, 3.05) is 40.1 Å². The van der Waals surface area contributed by atoms with Crippen LogP contribution in [0.4, 0.5) is 4.79 Å². The van der Waals surface area contributed by atoms with E-state index in [0.717, 1.165) is 33.5 Å². The Bertz CT molecular complexity index is 2410. The van der Waals surface area contributed by atoms with E-state index in [-0.39, 0.29) is 72.8 Å². The molecular weight excluding hydrogens is 897 g/mol. The van der Waals surface area contributed by atoms with E-state index in [0.29, 0.717) is 11.5 Å². The number of methoxy groups -OCH3 is 2. The van der Waals surface area contributed by atoms with Crippen LogP contribution in [0.25, 0.3) is 0 Å². The van der Waals surface area contributed by atoms with Gasteiger partial charge in [0.1, 0.15) is 41.5 Å². The molecule has 0 N–H and O–H groups in total. The lowest BCUT2D eigenvalue weighted by atomic mass is 9.90. The van der Waals surface area contributed by atoms with Gasteiger partial charge < -0.3 is 33.2 Å². The maximum absolute atomic E-state index is 14.6. The largest absolute Gasteiger partial charge is 0.542 e. The normalized spacial score (nSPS) is 18.9. The van der Waals surface area contributed by atoms with Gasteiger partial charge in [-0.3, -0.25) is 23.4 Å². The molecule has 15 nitrogen and oxygen atoms in total. The highest BCUT2D eigenvalue weighted by molar-refractivity contribution is 8.14. The summed E-state index contributed by atoms with van der Waals surface area (Å²) in [6.07, 6.45) is -1.09. The number of ketones is 1. The lowest BCUT2D eigenvalue weighted by Gasteiger charge is -2.40. The van der Waals surface area contributed by atoms with E-state index in [1.807, 2.05) is 30.3 Å². The fraction of sp³-hybridized carbons (Fsp3) is 0.370. The molecule has 2 aliphatic heterocycles. The predicted molar refractivity (Wildman–Crippen MR) is 245 cm³/mol. The average molecular weight is 946 g/mol. The van der Waals surface area contributed by atoms with Gasteiger partial charge in [-0.25, -0.2) is 9.80 Å². The molecule has 2 aliphatic rings. The van der Waals surface area contributed by atoms with Gasteiger partial charge in [-0.1, -0.05) is 66.2 Å². The zero-order valence-corrected chi connectivity index (χ0v) is 39.2. The van der Waals surface area contributed by atoms with E-state index in [4.69, 9.17) is 43.3 Å². The molecule has 3 amide bonds. The Balaban J connectivity index is 1.22. The minimum atomic E-state index is -2.06. The smallest absolute Gasteiger partial charge is 0.432 e. The number of halogens is 1. The van der Waals surface area contributed by atoms with Crippen LogP contribution >= 0.6 is 23.4 Å². The molecule has 2 heterocycles. The van der Waals surface area contributed by atoms with Crippen molar-refractivity contribution in [1.29, 1.82) is 0 Å². The van der Waals surface area contributed by atoms with Gasteiger partial charge in [0.2, 0.25) is 9.99 Å². The number of Topliss-reactive ketones (excluding diaryl/α,β-unsaturated/α-hetero) is 1. The van der Waals surface area contributed by atoms with Crippen molar-refractivity contribution < 1.29 is 56.5 Å². The first kappa shape index (κ1) is 48.9. The van der Waals surface area contributed by atoms with E-state index < -0.39 is 55.6 Å². The van der Waals surface area contributed by atoms with Gasteiger partial charge in [-0.2, -0.15) is 5.01 Å². The number of β-lactam (4-membered cyclic amide) rings is 1. The second kappa shape index (κ2) is 21.2. The lowest BCUT2D eigenvalue weighted by Crippen LogP contribution is -2.59. The second-order valence-corrected chi connectivity index (χ2v) is 20.0. The fourth-order valence-corrected chi connectivity index (χ4v) is 11.4. The summed E-state index contributed by atoms with van der Waals surface area (Å²) in [7, 11) is 7.89. The average Bonchev–Trinajstić information content (AvgIpc) is 3.55. The van der Waals surface area contributed by atoms with Crippen molar-refractivity contribution in [3.05, 3.63) is 118 Å². The molecule has 4 aromatic rings. The van der Waals surface area contributed by atoms with Crippen LogP contribution in [-0.2, 0) is 54.2 Å². The lowest BCUT2D eigenvalue weighted by molar-refractivity contribution is -0.152. The minimum absolute atomic E-state index is 0.0239. The van der Waals surface area contributed by atoms with Crippen LogP contribution in [0.1, 0.15) is 54.2 Å². The van der Waals surface area contributed by atoms with Gasteiger partial charge in [-0.05, 0) is 73.9 Å². The monoisotopic (exact) mass is 945 g/mol. The number of hydrazine groups is 1. The Hall–Kier alpha value is -5.56. The SMILES string of the molecule is [B]OC(=O)C1(SCCN(C)N(C(=O)OC(C)(C)C)C(=O)c2ccc(OCc3ccc(OC)cc3)c(OCc3ccc(OC)cc3)c2Cl)CN2C(=O)[C@@H](CC(=O)Cc3ccccc3)[C@H]2S1=O. The van der Waals surface area contributed by atoms with Crippen LogP contribution in [0.3, 0.4) is 0 Å². The Kier molecular flexibility index (Phi) is 15.9. The van der Waals surface area contributed by atoms with Crippen LogP contribution in [0.2, 0.25) is 5.02 Å². The molecule has 0 aliphatic carbocycles. The van der Waals surface area contributed by atoms with Crippen LogP contribution in [0, 0.1) is 5.92 Å². The van der Waals surface area contributed by atoms with Crippen LogP contribution in [-0.4, -0.2) is 112 Å². The number of hydrogen-bond acceptors (Lipinski definition) is 14. The molecule has 4 atom stereocenters. The number of nitrogens with zero attached hydrogens (tertiary/aromatic N) is 3. The Labute approximate surface area is 390 Å². The Morgan fingerprint density at radius 3 is 2.05 bits per heavy atom. The van der Waals surface area contributed by atoms with Crippen molar-refractivity contribution in [3.63, 3.8) is 0 Å². The number of thioether (sulfide) groups is 1. The zero-order chi connectivity index (χ0) is 47.1. The number of carbonyl (C=O) groups excluding carboxylic acids is 5. The summed E-state index contributed by atoms with van der Waals surface area (Å²) in [5.74, 6) is -1.87. The molecule has 342 valence electrons. The molecule has 2 radical (unpaired) electrons. The van der Waals surface area contributed by atoms with E-state index in [2.05, 4.69) is 4.65 Å². The number of fused-ring (bicyclic) bond motifs is 1. The Morgan fingerprint density at radius 2 is 1.48 bits per heavy atom. The van der Waals surface area contributed by atoms with E-state index in [9.17, 15) is 28.2 Å². The summed E-state index contributed by atoms with van der Waals surface area (Å²) < 4.78 is 45.6. The number of imide groups is 1. The van der Waals surface area contributed by atoms with Crippen molar-refractivity contribution in [3.8, 4) is 23.0 Å². The number of amides is 3. The highest BCUT2D eigenvalue weighted by Crippen LogP contribution is 2.49. The standard InChI is InChI=1S/C46H49BClN3O12S2/c1-45(2,3)62-44(56)51(49(4)22-23-64-46(43(55)63-47)28-50-40(53)36(42(50)65(46)57)25-32(52)24-29-10-8-7-9-11-29)41(54)35-20-21-37(60-26-30-12-16-33(58-5)17-13-30)39(38(35)48)61-27-31-14-18-34(59-6)19-15-31/h7-21,36,42H,22-28H2,1-6H3/t36-,42-,46?,65?/m1/s1. The van der Waals surface area contributed by atoms with Gasteiger partial charge in [0.15, 0.2) is 11.5 Å². The number of benzene rings is 4. The maximum Gasteiger partial charge on any atom is 0.432 e. The quantitative estimate of drug-likeness (QED) is 0.0565. The molecule has 0 aromatic heterocycles. The number of hydrogen-bond donors (Lipinski definition) is 0. The summed E-state index contributed by atoms with van der Waals surface area (Å²) in [6, 6.07) is 26.4. The first-order chi connectivity index (χ1) is 31.0. The van der Waals surface area contributed by atoms with E-state index in [1.165, 1.54) is 29.1 Å². The molecule has 6 rings (SSSR count). The van der Waals surface area contributed by atoms with Crippen molar-refractivity contribution in [2.24, 2.45) is 5.92 Å². The molecule has 2 saturated heterocycles. The number of rotatable bonds is 19. The molecule has 0 bridgehead atoms. The highest BCUT2D eigenvalue weighted by atomic mass is 35.5. The second-order valence-electron chi connectivity index (χ2n) is 16.2. The van der Waals surface area contributed by atoms with Crippen molar-refractivity contribution in [2.45, 2.75) is 61.9 Å². The molecular formula is C46H49BClN3O12S2. The third kappa shape index (κ3) is 11.3. The van der Waals surface area contributed by atoms with E-state index >= 15 is 0 Å². The van der Waals surface area contributed by atoms with Crippen LogP contribution in [0.15, 0.2) is 91.0 Å².